The van der Waals surface area contributed by atoms with E-state index in [1.807, 2.05) is 17.8 Å². The lowest BCUT2D eigenvalue weighted by atomic mass is 10.2. The number of benzene rings is 1. The summed E-state index contributed by atoms with van der Waals surface area (Å²) in [6.07, 6.45) is 1.34. The van der Waals surface area contributed by atoms with E-state index in [4.69, 9.17) is 4.74 Å². The van der Waals surface area contributed by atoms with Gasteiger partial charge in [-0.05, 0) is 48.9 Å². The Hall–Kier alpha value is -0.670. The summed E-state index contributed by atoms with van der Waals surface area (Å²) < 4.78 is 5.22. The predicted octanol–water partition coefficient (Wildman–Crippen LogP) is 2.54. The van der Waals surface area contributed by atoms with Gasteiger partial charge in [-0.25, -0.2) is 0 Å². The summed E-state index contributed by atoms with van der Waals surface area (Å²) in [5.74, 6) is 4.19. The summed E-state index contributed by atoms with van der Waals surface area (Å²) >= 11 is 2.03. The highest BCUT2D eigenvalue weighted by Crippen LogP contribution is 2.21. The molecule has 2 nitrogen and oxygen atoms in total. The van der Waals surface area contributed by atoms with Gasteiger partial charge in [-0.3, -0.25) is 0 Å². The lowest BCUT2D eigenvalue weighted by Gasteiger charge is -2.08. The van der Waals surface area contributed by atoms with Crippen LogP contribution in [0.5, 0.6) is 5.75 Å². The first-order valence-corrected chi connectivity index (χ1v) is 6.95. The molecule has 0 amide bonds. The van der Waals surface area contributed by atoms with Gasteiger partial charge < -0.3 is 10.1 Å². The van der Waals surface area contributed by atoms with Crippen molar-refractivity contribution in [3.8, 4) is 5.75 Å². The van der Waals surface area contributed by atoms with Crippen LogP contribution in [0.15, 0.2) is 24.3 Å². The zero-order valence-electron chi connectivity index (χ0n) is 9.74. The zero-order valence-corrected chi connectivity index (χ0v) is 10.6. The molecule has 1 fully saturated rings. The molecule has 0 aliphatic carbocycles. The molecule has 0 aromatic heterocycles. The molecule has 0 bridgehead atoms. The van der Waals surface area contributed by atoms with E-state index >= 15 is 0 Å². The van der Waals surface area contributed by atoms with Crippen molar-refractivity contribution in [1.29, 1.82) is 0 Å². The molecule has 1 N–H and O–H groups in total. The van der Waals surface area contributed by atoms with E-state index in [0.29, 0.717) is 0 Å². The molecule has 1 aliphatic rings. The Labute approximate surface area is 102 Å². The maximum absolute atomic E-state index is 5.22. The van der Waals surface area contributed by atoms with Crippen molar-refractivity contribution in [2.45, 2.75) is 12.2 Å². The van der Waals surface area contributed by atoms with Crippen molar-refractivity contribution in [3.63, 3.8) is 0 Å². The van der Waals surface area contributed by atoms with Crippen LogP contribution in [-0.4, -0.2) is 26.0 Å². The van der Waals surface area contributed by atoms with Crippen LogP contribution in [0.3, 0.4) is 0 Å². The fourth-order valence-electron chi connectivity index (χ4n) is 1.96. The molecule has 1 aromatic carbocycles. The van der Waals surface area contributed by atoms with E-state index in [0.717, 1.165) is 17.4 Å². The minimum Gasteiger partial charge on any atom is -0.497 e. The molecule has 1 unspecified atom stereocenters. The standard InChI is InChI=1S/C13H19NOS/c1-15-13-4-2-3-11(7-13)9-16-10-12-5-6-14-8-12/h2-4,7,12,14H,5-6,8-10H2,1H3. The molecule has 2 rings (SSSR count). The summed E-state index contributed by atoms with van der Waals surface area (Å²) in [5, 5.41) is 3.41. The van der Waals surface area contributed by atoms with Crippen LogP contribution in [0, 0.1) is 5.92 Å². The summed E-state index contributed by atoms with van der Waals surface area (Å²) in [5.41, 5.74) is 1.36. The van der Waals surface area contributed by atoms with E-state index in [1.54, 1.807) is 7.11 Å². The van der Waals surface area contributed by atoms with Gasteiger partial charge in [0.05, 0.1) is 7.11 Å². The molecule has 1 aliphatic heterocycles. The maximum atomic E-state index is 5.22. The maximum Gasteiger partial charge on any atom is 0.119 e. The predicted molar refractivity (Wildman–Crippen MR) is 70.1 cm³/mol. The topological polar surface area (TPSA) is 21.3 Å². The van der Waals surface area contributed by atoms with Gasteiger partial charge in [-0.15, -0.1) is 0 Å². The van der Waals surface area contributed by atoms with Gasteiger partial charge in [0.2, 0.25) is 0 Å². The summed E-state index contributed by atoms with van der Waals surface area (Å²) in [4.78, 5) is 0. The lowest BCUT2D eigenvalue weighted by molar-refractivity contribution is 0.414. The van der Waals surface area contributed by atoms with Crippen LogP contribution >= 0.6 is 11.8 Å². The average Bonchev–Trinajstić information content (AvgIpc) is 2.82. The number of hydrogen-bond donors (Lipinski definition) is 1. The molecule has 0 saturated carbocycles. The third-order valence-electron chi connectivity index (χ3n) is 2.92. The number of methoxy groups -OCH3 is 1. The van der Waals surface area contributed by atoms with E-state index < -0.39 is 0 Å². The van der Waals surface area contributed by atoms with Gasteiger partial charge in [0.1, 0.15) is 5.75 Å². The van der Waals surface area contributed by atoms with Gasteiger partial charge in [-0.1, -0.05) is 12.1 Å². The highest BCUT2D eigenvalue weighted by Gasteiger charge is 2.13. The van der Waals surface area contributed by atoms with Gasteiger partial charge in [0.15, 0.2) is 0 Å². The Morgan fingerprint density at radius 3 is 3.19 bits per heavy atom. The normalized spacial score (nSPS) is 19.9. The summed E-state index contributed by atoms with van der Waals surface area (Å²) in [6, 6.07) is 8.35. The highest BCUT2D eigenvalue weighted by atomic mass is 32.2. The zero-order chi connectivity index (χ0) is 11.2. The van der Waals surface area contributed by atoms with Gasteiger partial charge in [-0.2, -0.15) is 11.8 Å². The number of ether oxygens (including phenoxy) is 1. The van der Waals surface area contributed by atoms with E-state index in [9.17, 15) is 0 Å². The van der Waals surface area contributed by atoms with Crippen molar-refractivity contribution in [2.75, 3.05) is 26.0 Å². The Morgan fingerprint density at radius 1 is 1.50 bits per heavy atom. The second-order valence-electron chi connectivity index (χ2n) is 4.23. The van der Waals surface area contributed by atoms with Crippen molar-refractivity contribution in [2.24, 2.45) is 5.92 Å². The van der Waals surface area contributed by atoms with E-state index in [2.05, 4.69) is 23.5 Å². The number of nitrogens with one attached hydrogen (secondary N) is 1. The monoisotopic (exact) mass is 237 g/mol. The molecular weight excluding hydrogens is 218 g/mol. The largest absolute Gasteiger partial charge is 0.497 e. The second kappa shape index (κ2) is 6.16. The van der Waals surface area contributed by atoms with Crippen LogP contribution in [0.1, 0.15) is 12.0 Å². The highest BCUT2D eigenvalue weighted by molar-refractivity contribution is 7.98. The number of rotatable bonds is 5. The van der Waals surface area contributed by atoms with E-state index in [-0.39, 0.29) is 0 Å². The molecule has 1 atom stereocenters. The molecule has 1 heterocycles. The van der Waals surface area contributed by atoms with Crippen LogP contribution in [0.25, 0.3) is 0 Å². The fraction of sp³-hybridized carbons (Fsp3) is 0.538. The van der Waals surface area contributed by atoms with Crippen LogP contribution in [0.4, 0.5) is 0 Å². The van der Waals surface area contributed by atoms with Crippen molar-refractivity contribution < 1.29 is 4.74 Å². The Morgan fingerprint density at radius 2 is 2.44 bits per heavy atom. The number of thioether (sulfide) groups is 1. The molecule has 1 aromatic rings. The van der Waals surface area contributed by atoms with Gasteiger partial charge in [0.25, 0.3) is 0 Å². The molecule has 3 heteroatoms. The third kappa shape index (κ3) is 3.42. The molecular formula is C13H19NOS. The first-order chi connectivity index (χ1) is 7.88. The summed E-state index contributed by atoms with van der Waals surface area (Å²) in [7, 11) is 1.72. The smallest absolute Gasteiger partial charge is 0.119 e. The number of hydrogen-bond acceptors (Lipinski definition) is 3. The minimum atomic E-state index is 0.871. The Kier molecular flexibility index (Phi) is 4.55. The second-order valence-corrected chi connectivity index (χ2v) is 5.26. The van der Waals surface area contributed by atoms with Crippen LogP contribution in [-0.2, 0) is 5.75 Å². The van der Waals surface area contributed by atoms with E-state index in [1.165, 1.54) is 30.8 Å². The van der Waals surface area contributed by atoms with Crippen molar-refractivity contribution in [1.82, 2.24) is 5.32 Å². The molecule has 16 heavy (non-hydrogen) atoms. The molecule has 0 spiro atoms. The van der Waals surface area contributed by atoms with Crippen molar-refractivity contribution in [3.05, 3.63) is 29.8 Å². The quantitative estimate of drug-likeness (QED) is 0.850. The SMILES string of the molecule is COc1cccc(CSCC2CCNC2)c1. The van der Waals surface area contributed by atoms with Crippen molar-refractivity contribution >= 4 is 11.8 Å². The Balaban J connectivity index is 1.75. The molecule has 1 saturated heterocycles. The third-order valence-corrected chi connectivity index (χ3v) is 4.16. The summed E-state index contributed by atoms with van der Waals surface area (Å²) in [6.45, 7) is 2.40. The van der Waals surface area contributed by atoms with Gasteiger partial charge in [0, 0.05) is 5.75 Å². The molecule has 88 valence electrons. The Bertz CT molecular complexity index is 323. The van der Waals surface area contributed by atoms with Crippen LogP contribution < -0.4 is 10.1 Å². The van der Waals surface area contributed by atoms with Gasteiger partial charge >= 0.3 is 0 Å². The minimum absolute atomic E-state index is 0.871. The first-order valence-electron chi connectivity index (χ1n) is 5.80. The molecule has 0 radical (unpaired) electrons. The lowest BCUT2D eigenvalue weighted by Crippen LogP contribution is -2.10. The fourth-order valence-corrected chi connectivity index (χ4v) is 3.11. The van der Waals surface area contributed by atoms with Crippen LogP contribution in [0.2, 0.25) is 0 Å². The first kappa shape index (κ1) is 11.8. The average molecular weight is 237 g/mol.